The second-order valence-electron chi connectivity index (χ2n) is 5.59. The minimum absolute atomic E-state index is 0.0666. The number of aryl methyl sites for hydroxylation is 1. The summed E-state index contributed by atoms with van der Waals surface area (Å²) >= 11 is 6.08. The second-order valence-corrected chi connectivity index (χ2v) is 5.92. The lowest BCUT2D eigenvalue weighted by molar-refractivity contribution is 0.150. The van der Waals surface area contributed by atoms with E-state index in [0.717, 1.165) is 4.57 Å². The van der Waals surface area contributed by atoms with Crippen LogP contribution in [-0.2, 0) is 20.6 Å². The van der Waals surface area contributed by atoms with Crippen LogP contribution in [0.15, 0.2) is 9.59 Å². The molecule has 2 aromatic rings. The number of nitrogens with one attached hydrogen (secondary N) is 1. The Bertz CT molecular complexity index is 805. The van der Waals surface area contributed by atoms with Gasteiger partial charge in [-0.3, -0.25) is 18.5 Å². The van der Waals surface area contributed by atoms with Crippen molar-refractivity contribution >= 4 is 22.8 Å². The molecule has 8 nitrogen and oxygen atoms in total. The van der Waals surface area contributed by atoms with Crippen LogP contribution in [0.25, 0.3) is 11.2 Å². The molecule has 0 radical (unpaired) electrons. The van der Waals surface area contributed by atoms with E-state index in [2.05, 4.69) is 10.3 Å². The summed E-state index contributed by atoms with van der Waals surface area (Å²) in [6, 6.07) is 0.237. The molecule has 0 aliphatic heterocycles. The standard InChI is InChI=1S/C13H20ClN5O3/c1-7(2)15-5-8(20)6-19-10-9(16-12(19)14)11(21)18(4)13(22)17(10)3/h7-8,15,20H,5-6H2,1-4H3. The van der Waals surface area contributed by atoms with E-state index < -0.39 is 17.4 Å². The molecular formula is C13H20ClN5O3. The lowest BCUT2D eigenvalue weighted by Gasteiger charge is -2.16. The molecule has 0 aliphatic carbocycles. The number of aromatic nitrogens is 4. The zero-order valence-electron chi connectivity index (χ0n) is 13.0. The van der Waals surface area contributed by atoms with E-state index in [9.17, 15) is 14.7 Å². The average Bonchev–Trinajstić information content (AvgIpc) is 2.78. The first-order chi connectivity index (χ1) is 10.2. The van der Waals surface area contributed by atoms with E-state index in [0.29, 0.717) is 12.2 Å². The molecule has 22 heavy (non-hydrogen) atoms. The molecule has 0 aromatic carbocycles. The summed E-state index contributed by atoms with van der Waals surface area (Å²) < 4.78 is 3.76. The van der Waals surface area contributed by atoms with Gasteiger partial charge in [0.1, 0.15) is 0 Å². The van der Waals surface area contributed by atoms with E-state index >= 15 is 0 Å². The molecule has 1 atom stereocenters. The second kappa shape index (κ2) is 6.23. The van der Waals surface area contributed by atoms with Gasteiger partial charge in [-0.2, -0.15) is 0 Å². The lowest BCUT2D eigenvalue weighted by Crippen LogP contribution is -2.38. The van der Waals surface area contributed by atoms with Crippen molar-refractivity contribution in [2.24, 2.45) is 14.1 Å². The van der Waals surface area contributed by atoms with Crippen LogP contribution in [0.3, 0.4) is 0 Å². The number of rotatable bonds is 5. The van der Waals surface area contributed by atoms with Gasteiger partial charge < -0.3 is 10.4 Å². The topological polar surface area (TPSA) is 94.1 Å². The van der Waals surface area contributed by atoms with Crippen molar-refractivity contribution in [3.05, 3.63) is 26.1 Å². The van der Waals surface area contributed by atoms with Gasteiger partial charge in [-0.15, -0.1) is 0 Å². The van der Waals surface area contributed by atoms with Gasteiger partial charge in [0.2, 0.25) is 5.28 Å². The number of hydrogen-bond donors (Lipinski definition) is 2. The first-order valence-corrected chi connectivity index (χ1v) is 7.35. The quantitative estimate of drug-likeness (QED) is 0.718. The fourth-order valence-corrected chi connectivity index (χ4v) is 2.50. The number of imidazole rings is 1. The fraction of sp³-hybridized carbons (Fsp3) is 0.615. The van der Waals surface area contributed by atoms with Crippen LogP contribution < -0.4 is 16.6 Å². The third-order valence-corrected chi connectivity index (χ3v) is 3.74. The Morgan fingerprint density at radius 3 is 2.50 bits per heavy atom. The Kier molecular flexibility index (Phi) is 4.74. The molecular weight excluding hydrogens is 310 g/mol. The summed E-state index contributed by atoms with van der Waals surface area (Å²) in [5, 5.41) is 13.3. The van der Waals surface area contributed by atoms with Gasteiger partial charge in [0.15, 0.2) is 11.2 Å². The van der Waals surface area contributed by atoms with Crippen LogP contribution >= 0.6 is 11.6 Å². The van der Waals surface area contributed by atoms with Crippen LogP contribution in [-0.4, -0.2) is 42.5 Å². The summed E-state index contributed by atoms with van der Waals surface area (Å²) in [7, 11) is 2.93. The van der Waals surface area contributed by atoms with Gasteiger partial charge in [0.05, 0.1) is 12.6 Å². The summed E-state index contributed by atoms with van der Waals surface area (Å²) in [4.78, 5) is 28.2. The van der Waals surface area contributed by atoms with Crippen molar-refractivity contribution < 1.29 is 5.11 Å². The predicted octanol–water partition coefficient (Wildman–Crippen LogP) is -0.554. The fourth-order valence-electron chi connectivity index (χ4n) is 2.27. The van der Waals surface area contributed by atoms with Crippen molar-refractivity contribution in [1.82, 2.24) is 24.0 Å². The summed E-state index contributed by atoms with van der Waals surface area (Å²) in [5.74, 6) is 0. The van der Waals surface area contributed by atoms with Crippen molar-refractivity contribution in [2.45, 2.75) is 32.5 Å². The van der Waals surface area contributed by atoms with Crippen molar-refractivity contribution in [1.29, 1.82) is 0 Å². The van der Waals surface area contributed by atoms with E-state index in [-0.39, 0.29) is 23.4 Å². The third kappa shape index (κ3) is 2.94. The van der Waals surface area contributed by atoms with Crippen molar-refractivity contribution in [2.75, 3.05) is 6.54 Å². The first-order valence-electron chi connectivity index (χ1n) is 6.97. The molecule has 122 valence electrons. The maximum atomic E-state index is 12.1. The predicted molar refractivity (Wildman–Crippen MR) is 84.4 cm³/mol. The number of hydrogen-bond acceptors (Lipinski definition) is 5. The van der Waals surface area contributed by atoms with Gasteiger partial charge in [-0.05, 0) is 11.6 Å². The lowest BCUT2D eigenvalue weighted by atomic mass is 10.3. The largest absolute Gasteiger partial charge is 0.390 e. The van der Waals surface area contributed by atoms with E-state index in [1.165, 1.54) is 23.2 Å². The van der Waals surface area contributed by atoms with Gasteiger partial charge in [-0.25, -0.2) is 9.78 Å². The molecule has 9 heteroatoms. The Hall–Kier alpha value is -1.64. The maximum Gasteiger partial charge on any atom is 0.332 e. The molecule has 0 amide bonds. The molecule has 0 fully saturated rings. The molecule has 2 N–H and O–H groups in total. The zero-order valence-corrected chi connectivity index (χ0v) is 13.8. The van der Waals surface area contributed by atoms with Gasteiger partial charge in [0, 0.05) is 26.7 Å². The molecule has 0 spiro atoms. The number of aliphatic hydroxyl groups is 1. The number of halogens is 1. The van der Waals surface area contributed by atoms with E-state index in [1.807, 2.05) is 13.8 Å². The summed E-state index contributed by atoms with van der Waals surface area (Å²) in [5.41, 5.74) is -0.557. The minimum Gasteiger partial charge on any atom is -0.390 e. The van der Waals surface area contributed by atoms with E-state index in [1.54, 1.807) is 0 Å². The smallest absolute Gasteiger partial charge is 0.332 e. The number of aliphatic hydroxyl groups excluding tert-OH is 1. The molecule has 0 aliphatic rings. The van der Waals surface area contributed by atoms with Crippen LogP contribution in [0.4, 0.5) is 0 Å². The van der Waals surface area contributed by atoms with E-state index in [4.69, 9.17) is 11.6 Å². The molecule has 2 heterocycles. The van der Waals surface area contributed by atoms with Gasteiger partial charge in [-0.1, -0.05) is 13.8 Å². The SMILES string of the molecule is CC(C)NCC(O)Cn1c(Cl)nc2c(=O)n(C)c(=O)n(C)c21. The molecule has 0 bridgehead atoms. The van der Waals surface area contributed by atoms with Crippen molar-refractivity contribution in [3.8, 4) is 0 Å². The monoisotopic (exact) mass is 329 g/mol. The van der Waals surface area contributed by atoms with Crippen LogP contribution in [0, 0.1) is 0 Å². The molecule has 1 unspecified atom stereocenters. The maximum absolute atomic E-state index is 12.1. The van der Waals surface area contributed by atoms with Crippen molar-refractivity contribution in [3.63, 3.8) is 0 Å². The number of fused-ring (bicyclic) bond motifs is 1. The summed E-state index contributed by atoms with van der Waals surface area (Å²) in [6.07, 6.45) is -0.725. The normalized spacial score (nSPS) is 13.2. The highest BCUT2D eigenvalue weighted by atomic mass is 35.5. The highest BCUT2D eigenvalue weighted by molar-refractivity contribution is 6.29. The Morgan fingerprint density at radius 2 is 1.91 bits per heavy atom. The summed E-state index contributed by atoms with van der Waals surface area (Å²) in [6.45, 7) is 4.45. The first kappa shape index (κ1) is 16.7. The average molecular weight is 330 g/mol. The van der Waals surface area contributed by atoms with Gasteiger partial charge in [0.25, 0.3) is 5.56 Å². The molecule has 0 saturated heterocycles. The highest BCUT2D eigenvalue weighted by Gasteiger charge is 2.19. The third-order valence-electron chi connectivity index (χ3n) is 3.45. The number of nitrogens with zero attached hydrogens (tertiary/aromatic N) is 4. The van der Waals surface area contributed by atoms with Crippen LogP contribution in [0.2, 0.25) is 5.28 Å². The Morgan fingerprint density at radius 1 is 1.27 bits per heavy atom. The van der Waals surface area contributed by atoms with Crippen LogP contribution in [0.5, 0.6) is 0 Å². The minimum atomic E-state index is -0.725. The molecule has 0 saturated carbocycles. The Balaban J connectivity index is 2.49. The zero-order chi connectivity index (χ0) is 16.6. The molecule has 2 aromatic heterocycles. The highest BCUT2D eigenvalue weighted by Crippen LogP contribution is 2.16. The molecule has 2 rings (SSSR count). The van der Waals surface area contributed by atoms with Gasteiger partial charge >= 0.3 is 5.69 Å². The van der Waals surface area contributed by atoms with Crippen LogP contribution in [0.1, 0.15) is 13.8 Å². The Labute approximate surface area is 132 Å².